The molecule has 0 spiro atoms. The molecule has 4 nitrogen and oxygen atoms in total. The van der Waals surface area contributed by atoms with Crippen LogP contribution in [-0.2, 0) is 9.53 Å². The van der Waals surface area contributed by atoms with Crippen LogP contribution in [0.2, 0.25) is 0 Å². The number of amides is 1. The number of piperidine rings is 1. The minimum absolute atomic E-state index is 0.0402. The fourth-order valence-corrected chi connectivity index (χ4v) is 6.63. The average Bonchev–Trinajstić information content (AvgIpc) is 2.85. The van der Waals surface area contributed by atoms with E-state index in [1.165, 1.54) is 25.7 Å². The van der Waals surface area contributed by atoms with Crippen molar-refractivity contribution in [1.29, 1.82) is 5.26 Å². The minimum atomic E-state index is -0.111. The van der Waals surface area contributed by atoms with Gasteiger partial charge >= 0.3 is 0 Å². The summed E-state index contributed by atoms with van der Waals surface area (Å²) in [5.74, 6) is 1.68. The predicted octanol–water partition coefficient (Wildman–Crippen LogP) is 5.12. The summed E-state index contributed by atoms with van der Waals surface area (Å²) < 4.78 is 6.18. The molecule has 28 heavy (non-hydrogen) atoms. The number of alkyl halides is 1. The van der Waals surface area contributed by atoms with Crippen LogP contribution in [0.25, 0.3) is 0 Å². The van der Waals surface area contributed by atoms with Crippen LogP contribution in [0.15, 0.2) is 11.6 Å². The zero-order valence-electron chi connectivity index (χ0n) is 17.6. The Morgan fingerprint density at radius 2 is 2.00 bits per heavy atom. The van der Waals surface area contributed by atoms with Gasteiger partial charge in [-0.25, -0.2) is 0 Å². The second kappa shape index (κ2) is 9.47. The monoisotopic (exact) mass is 498 g/mol. The van der Waals surface area contributed by atoms with E-state index in [1.54, 1.807) is 0 Å². The summed E-state index contributed by atoms with van der Waals surface area (Å²) in [5.41, 5.74) is 0.230. The standard InChI is InChI=1S/C23H35IN2O2/c1-16(2)21-20-13-19(24)6-4-5-17(20)7-10-26(21)22(27)18(15-25)14-23(3)8-11-28-12-9-23/h14,16-17,19-21H,4-13H2,1-3H3/b18-14+. The van der Waals surface area contributed by atoms with Crippen molar-refractivity contribution in [2.24, 2.45) is 23.2 Å². The quantitative estimate of drug-likeness (QED) is 0.235. The third kappa shape index (κ3) is 4.92. The van der Waals surface area contributed by atoms with Crippen molar-refractivity contribution in [2.45, 2.75) is 75.7 Å². The zero-order valence-corrected chi connectivity index (χ0v) is 19.8. The summed E-state index contributed by atoms with van der Waals surface area (Å²) in [4.78, 5) is 15.6. The maximum Gasteiger partial charge on any atom is 0.264 e. The second-order valence-corrected chi connectivity index (χ2v) is 11.4. The number of carbonyl (C=O) groups excluding carboxylic acids is 1. The van der Waals surface area contributed by atoms with Crippen molar-refractivity contribution in [3.63, 3.8) is 0 Å². The predicted molar refractivity (Wildman–Crippen MR) is 120 cm³/mol. The summed E-state index contributed by atoms with van der Waals surface area (Å²) in [6.45, 7) is 8.86. The molecule has 3 rings (SSSR count). The SMILES string of the molecule is CC(C)C1C2CC(I)CCCC2CCN1C(=O)/C(C#N)=C/C1(C)CCOCC1. The highest BCUT2D eigenvalue weighted by atomic mass is 127. The molecule has 156 valence electrons. The van der Waals surface area contributed by atoms with Gasteiger partial charge in [0.15, 0.2) is 0 Å². The Labute approximate surface area is 184 Å². The van der Waals surface area contributed by atoms with Gasteiger partial charge in [0.25, 0.3) is 5.91 Å². The van der Waals surface area contributed by atoms with E-state index in [2.05, 4.69) is 54.3 Å². The number of nitrogens with zero attached hydrogens (tertiary/aromatic N) is 2. The summed E-state index contributed by atoms with van der Waals surface area (Å²) >= 11 is 2.61. The Balaban J connectivity index is 1.85. The largest absolute Gasteiger partial charge is 0.381 e. The van der Waals surface area contributed by atoms with Crippen LogP contribution in [0.5, 0.6) is 0 Å². The van der Waals surface area contributed by atoms with Gasteiger partial charge in [0.1, 0.15) is 11.6 Å². The Morgan fingerprint density at radius 3 is 2.64 bits per heavy atom. The average molecular weight is 498 g/mol. The van der Waals surface area contributed by atoms with Crippen molar-refractivity contribution < 1.29 is 9.53 Å². The molecule has 2 heterocycles. The molecular weight excluding hydrogens is 463 g/mol. The van der Waals surface area contributed by atoms with Crippen molar-refractivity contribution in [3.8, 4) is 6.07 Å². The van der Waals surface area contributed by atoms with Crippen LogP contribution < -0.4 is 0 Å². The maximum atomic E-state index is 13.5. The van der Waals surface area contributed by atoms with Crippen LogP contribution >= 0.6 is 22.6 Å². The number of rotatable bonds is 3. The molecule has 3 fully saturated rings. The van der Waals surface area contributed by atoms with Gasteiger partial charge in [0.2, 0.25) is 0 Å². The number of ether oxygens (including phenoxy) is 1. The molecule has 2 aliphatic heterocycles. The fraction of sp³-hybridized carbons (Fsp3) is 0.826. The van der Waals surface area contributed by atoms with E-state index in [0.717, 1.165) is 31.7 Å². The van der Waals surface area contributed by atoms with E-state index >= 15 is 0 Å². The van der Waals surface area contributed by atoms with E-state index in [-0.39, 0.29) is 17.4 Å². The lowest BCUT2D eigenvalue weighted by Crippen LogP contribution is -2.54. The minimum Gasteiger partial charge on any atom is -0.381 e. The number of nitriles is 1. The highest BCUT2D eigenvalue weighted by Gasteiger charge is 2.43. The number of allylic oxidation sites excluding steroid dienone is 1. The first kappa shape index (κ1) is 22.1. The molecule has 0 aromatic carbocycles. The van der Waals surface area contributed by atoms with E-state index < -0.39 is 0 Å². The molecule has 4 unspecified atom stereocenters. The van der Waals surface area contributed by atoms with Gasteiger partial charge in [0.05, 0.1) is 0 Å². The smallest absolute Gasteiger partial charge is 0.264 e. The normalized spacial score (nSPS) is 33.7. The van der Waals surface area contributed by atoms with E-state index in [4.69, 9.17) is 4.74 Å². The van der Waals surface area contributed by atoms with Gasteiger partial charge in [0, 0.05) is 29.7 Å². The molecule has 0 aromatic heterocycles. The Kier molecular flexibility index (Phi) is 7.47. The Morgan fingerprint density at radius 1 is 1.29 bits per heavy atom. The topological polar surface area (TPSA) is 53.3 Å². The Bertz CT molecular complexity index is 633. The molecular formula is C23H35IN2O2. The number of hydrogen-bond donors (Lipinski definition) is 0. The molecule has 1 amide bonds. The molecule has 0 aromatic rings. The summed E-state index contributed by atoms with van der Waals surface area (Å²) in [6.07, 6.45) is 9.92. The number of halogens is 1. The van der Waals surface area contributed by atoms with Gasteiger partial charge in [-0.3, -0.25) is 4.79 Å². The molecule has 0 bridgehead atoms. The molecule has 3 aliphatic rings. The van der Waals surface area contributed by atoms with Crippen LogP contribution in [0.3, 0.4) is 0 Å². The first-order valence-electron chi connectivity index (χ1n) is 11.0. The molecule has 5 heteroatoms. The maximum absolute atomic E-state index is 13.5. The van der Waals surface area contributed by atoms with Crippen LogP contribution in [0, 0.1) is 34.5 Å². The lowest BCUT2D eigenvalue weighted by Gasteiger charge is -2.47. The molecule has 4 atom stereocenters. The number of carbonyl (C=O) groups is 1. The highest BCUT2D eigenvalue weighted by Crippen LogP contribution is 2.43. The lowest BCUT2D eigenvalue weighted by molar-refractivity contribution is -0.135. The summed E-state index contributed by atoms with van der Waals surface area (Å²) in [5, 5.41) is 9.82. The van der Waals surface area contributed by atoms with Crippen LogP contribution in [-0.4, -0.2) is 40.5 Å². The van der Waals surface area contributed by atoms with Gasteiger partial charge in [-0.15, -0.1) is 0 Å². The number of fused-ring (bicyclic) bond motifs is 1. The number of hydrogen-bond acceptors (Lipinski definition) is 3. The van der Waals surface area contributed by atoms with Crippen molar-refractivity contribution in [3.05, 3.63) is 11.6 Å². The van der Waals surface area contributed by atoms with Crippen LogP contribution in [0.4, 0.5) is 0 Å². The van der Waals surface area contributed by atoms with Crippen LogP contribution in [0.1, 0.15) is 65.7 Å². The van der Waals surface area contributed by atoms with Gasteiger partial charge in [-0.1, -0.05) is 62.3 Å². The van der Waals surface area contributed by atoms with Crippen molar-refractivity contribution in [1.82, 2.24) is 4.90 Å². The van der Waals surface area contributed by atoms with E-state index in [0.29, 0.717) is 34.5 Å². The fourth-order valence-electron chi connectivity index (χ4n) is 5.60. The lowest BCUT2D eigenvalue weighted by atomic mass is 9.72. The van der Waals surface area contributed by atoms with Gasteiger partial charge in [-0.2, -0.15) is 5.26 Å². The molecule has 1 aliphatic carbocycles. The van der Waals surface area contributed by atoms with Crippen molar-refractivity contribution in [2.75, 3.05) is 19.8 Å². The number of likely N-dealkylation sites (tertiary alicyclic amines) is 1. The van der Waals surface area contributed by atoms with Gasteiger partial charge < -0.3 is 9.64 Å². The molecule has 2 saturated heterocycles. The highest BCUT2D eigenvalue weighted by molar-refractivity contribution is 14.1. The summed E-state index contributed by atoms with van der Waals surface area (Å²) in [7, 11) is 0. The second-order valence-electron chi connectivity index (χ2n) is 9.65. The third-order valence-corrected chi connectivity index (χ3v) is 8.32. The van der Waals surface area contributed by atoms with Gasteiger partial charge in [-0.05, 0) is 55.3 Å². The van der Waals surface area contributed by atoms with E-state index in [1.807, 2.05) is 6.08 Å². The Hall–Kier alpha value is -0.610. The zero-order chi connectivity index (χ0) is 20.3. The molecule has 0 N–H and O–H groups in total. The molecule has 1 saturated carbocycles. The van der Waals surface area contributed by atoms with E-state index in [9.17, 15) is 10.1 Å². The first-order chi connectivity index (χ1) is 13.3. The summed E-state index contributed by atoms with van der Waals surface area (Å²) in [6, 6.07) is 2.50. The first-order valence-corrected chi connectivity index (χ1v) is 12.2. The third-order valence-electron chi connectivity index (χ3n) is 7.19. The van der Waals surface area contributed by atoms with Crippen molar-refractivity contribution >= 4 is 28.5 Å². The molecule has 0 radical (unpaired) electrons.